The number of nitrogens with zero attached hydrogens (tertiary/aromatic N) is 2. The molecule has 25 heavy (non-hydrogen) atoms. The van der Waals surface area contributed by atoms with Gasteiger partial charge in [-0.1, -0.05) is 55.8 Å². The molecule has 0 aliphatic carbocycles. The highest BCUT2D eigenvalue weighted by Gasteiger charge is 2.14. The van der Waals surface area contributed by atoms with Gasteiger partial charge in [-0.25, -0.2) is 0 Å². The Bertz CT molecular complexity index is 991. The lowest BCUT2D eigenvalue weighted by atomic mass is 9.87. The van der Waals surface area contributed by atoms with E-state index in [0.29, 0.717) is 15.4 Å². The lowest BCUT2D eigenvalue weighted by Crippen LogP contribution is -2.16. The van der Waals surface area contributed by atoms with Gasteiger partial charge in [-0.05, 0) is 48.2 Å². The number of hydrogen-bond donors (Lipinski definition) is 0. The number of thiazole rings is 1. The molecule has 3 nitrogen and oxygen atoms in total. The number of amides is 1. The first kappa shape index (κ1) is 17.9. The Balaban J connectivity index is 2.02. The van der Waals surface area contributed by atoms with Crippen molar-refractivity contribution in [1.29, 1.82) is 0 Å². The summed E-state index contributed by atoms with van der Waals surface area (Å²) in [5, 5.41) is 0.688. The van der Waals surface area contributed by atoms with Crippen molar-refractivity contribution in [3.05, 3.63) is 63.4 Å². The van der Waals surface area contributed by atoms with E-state index in [4.69, 9.17) is 11.6 Å². The molecule has 1 amide bonds. The minimum absolute atomic E-state index is 0.0642. The normalized spacial score (nSPS) is 12.8. The number of hydrogen-bond acceptors (Lipinski definition) is 2. The Morgan fingerprint density at radius 3 is 2.44 bits per heavy atom. The van der Waals surface area contributed by atoms with E-state index in [1.54, 1.807) is 0 Å². The van der Waals surface area contributed by atoms with Crippen molar-refractivity contribution in [3.8, 4) is 0 Å². The third kappa shape index (κ3) is 3.70. The minimum Gasteiger partial charge on any atom is -0.317 e. The van der Waals surface area contributed by atoms with Crippen LogP contribution in [0.15, 0.2) is 47.5 Å². The molecule has 0 bridgehead atoms. The van der Waals surface area contributed by atoms with E-state index in [1.165, 1.54) is 16.9 Å². The number of aromatic nitrogens is 1. The van der Waals surface area contributed by atoms with E-state index < -0.39 is 0 Å². The van der Waals surface area contributed by atoms with Crippen molar-refractivity contribution in [2.24, 2.45) is 4.99 Å². The largest absolute Gasteiger partial charge is 0.317 e. The molecular weight excluding hydrogens is 352 g/mol. The fourth-order valence-electron chi connectivity index (χ4n) is 2.70. The maximum atomic E-state index is 12.6. The molecule has 0 aliphatic rings. The molecule has 0 unspecified atom stereocenters. The molecule has 0 spiro atoms. The lowest BCUT2D eigenvalue weighted by Gasteiger charge is -2.18. The highest BCUT2D eigenvalue weighted by molar-refractivity contribution is 7.16. The van der Waals surface area contributed by atoms with E-state index in [-0.39, 0.29) is 11.3 Å². The van der Waals surface area contributed by atoms with Gasteiger partial charge < -0.3 is 4.57 Å². The molecule has 0 atom stereocenters. The Morgan fingerprint density at radius 2 is 1.84 bits per heavy atom. The number of halogens is 1. The predicted molar refractivity (Wildman–Crippen MR) is 106 cm³/mol. The Hall–Kier alpha value is -1.91. The summed E-state index contributed by atoms with van der Waals surface area (Å²) in [5.41, 5.74) is 2.91. The van der Waals surface area contributed by atoms with Crippen LogP contribution in [0.1, 0.15) is 43.6 Å². The van der Waals surface area contributed by atoms with Crippen LogP contribution in [0.25, 0.3) is 10.2 Å². The third-order valence-corrected chi connectivity index (χ3v) is 5.43. The monoisotopic (exact) mass is 372 g/mol. The molecule has 3 aromatic rings. The summed E-state index contributed by atoms with van der Waals surface area (Å²) in [4.78, 5) is 17.6. The lowest BCUT2D eigenvalue weighted by molar-refractivity contribution is 0.0998. The van der Waals surface area contributed by atoms with Crippen molar-refractivity contribution in [3.63, 3.8) is 0 Å². The van der Waals surface area contributed by atoms with Crippen LogP contribution in [0.2, 0.25) is 5.02 Å². The first-order chi connectivity index (χ1) is 11.8. The van der Waals surface area contributed by atoms with E-state index in [2.05, 4.69) is 25.8 Å². The molecule has 2 aromatic carbocycles. The Labute approximate surface area is 156 Å². The van der Waals surface area contributed by atoms with Crippen molar-refractivity contribution in [1.82, 2.24) is 4.57 Å². The molecule has 1 aromatic heterocycles. The summed E-state index contributed by atoms with van der Waals surface area (Å²) in [6, 6.07) is 13.5. The second-order valence-corrected chi connectivity index (χ2v) is 8.43. The summed E-state index contributed by atoms with van der Waals surface area (Å²) < 4.78 is 3.07. The summed E-state index contributed by atoms with van der Waals surface area (Å²) in [5.74, 6) is -0.222. The van der Waals surface area contributed by atoms with Gasteiger partial charge >= 0.3 is 0 Å². The summed E-state index contributed by atoms with van der Waals surface area (Å²) in [6.07, 6.45) is 0. The number of benzene rings is 2. The molecule has 0 aliphatic heterocycles. The van der Waals surface area contributed by atoms with Crippen molar-refractivity contribution in [2.45, 2.75) is 39.7 Å². The summed E-state index contributed by atoms with van der Waals surface area (Å²) >= 11 is 7.56. The first-order valence-corrected chi connectivity index (χ1v) is 9.47. The Kier molecular flexibility index (Phi) is 4.85. The molecule has 0 saturated carbocycles. The second kappa shape index (κ2) is 6.77. The molecule has 1 heterocycles. The van der Waals surface area contributed by atoms with Gasteiger partial charge in [0.15, 0.2) is 4.80 Å². The maximum Gasteiger partial charge on any atom is 0.279 e. The molecular formula is C20H21ClN2OS. The van der Waals surface area contributed by atoms with E-state index in [0.717, 1.165) is 16.8 Å². The predicted octanol–water partition coefficient (Wildman–Crippen LogP) is 5.41. The smallest absolute Gasteiger partial charge is 0.279 e. The minimum atomic E-state index is -0.222. The Morgan fingerprint density at radius 1 is 1.16 bits per heavy atom. The maximum absolute atomic E-state index is 12.6. The van der Waals surface area contributed by atoms with Crippen molar-refractivity contribution >= 4 is 39.1 Å². The molecule has 0 radical (unpaired) electrons. The van der Waals surface area contributed by atoms with Crippen LogP contribution < -0.4 is 4.80 Å². The van der Waals surface area contributed by atoms with E-state index >= 15 is 0 Å². The SMILES string of the molecule is CCn1c(=NC(=O)c2ccc(C(C)(C)C)cc2)sc2cc(Cl)ccc21. The van der Waals surface area contributed by atoms with E-state index in [1.807, 2.05) is 54.0 Å². The van der Waals surface area contributed by atoms with Gasteiger partial charge in [0.25, 0.3) is 5.91 Å². The molecule has 0 N–H and O–H groups in total. The van der Waals surface area contributed by atoms with Gasteiger partial charge in [-0.2, -0.15) is 4.99 Å². The van der Waals surface area contributed by atoms with Gasteiger partial charge in [0.1, 0.15) is 0 Å². The second-order valence-electron chi connectivity index (χ2n) is 6.99. The van der Waals surface area contributed by atoms with Crippen LogP contribution in [0.4, 0.5) is 0 Å². The molecule has 3 rings (SSSR count). The van der Waals surface area contributed by atoms with E-state index in [9.17, 15) is 4.79 Å². The van der Waals surface area contributed by atoms with Crippen LogP contribution >= 0.6 is 22.9 Å². The van der Waals surface area contributed by atoms with Gasteiger partial charge in [0.05, 0.1) is 10.2 Å². The molecule has 5 heteroatoms. The van der Waals surface area contributed by atoms with Crippen LogP contribution in [-0.2, 0) is 12.0 Å². The van der Waals surface area contributed by atoms with Gasteiger partial charge in [-0.15, -0.1) is 0 Å². The highest BCUT2D eigenvalue weighted by atomic mass is 35.5. The fourth-order valence-corrected chi connectivity index (χ4v) is 4.07. The average molecular weight is 373 g/mol. The fraction of sp³-hybridized carbons (Fsp3) is 0.300. The van der Waals surface area contributed by atoms with Crippen molar-refractivity contribution in [2.75, 3.05) is 0 Å². The molecule has 0 saturated heterocycles. The number of rotatable bonds is 2. The number of aryl methyl sites for hydroxylation is 1. The van der Waals surface area contributed by atoms with Gasteiger partial charge in [0.2, 0.25) is 0 Å². The van der Waals surface area contributed by atoms with Crippen LogP contribution in [0.3, 0.4) is 0 Å². The first-order valence-electron chi connectivity index (χ1n) is 8.28. The molecule has 130 valence electrons. The number of fused-ring (bicyclic) bond motifs is 1. The topological polar surface area (TPSA) is 34.4 Å². The number of carbonyl (C=O) groups is 1. The molecule has 0 fully saturated rings. The number of carbonyl (C=O) groups excluding carboxylic acids is 1. The van der Waals surface area contributed by atoms with Crippen LogP contribution in [0.5, 0.6) is 0 Å². The van der Waals surface area contributed by atoms with Crippen LogP contribution in [-0.4, -0.2) is 10.5 Å². The quantitative estimate of drug-likeness (QED) is 0.591. The zero-order valence-corrected chi connectivity index (χ0v) is 16.4. The van der Waals surface area contributed by atoms with Crippen LogP contribution in [0, 0.1) is 0 Å². The van der Waals surface area contributed by atoms with Crippen molar-refractivity contribution < 1.29 is 4.79 Å². The standard InChI is InChI=1S/C20H21ClN2OS/c1-5-23-16-11-10-15(21)12-17(16)25-19(23)22-18(24)13-6-8-14(9-7-13)20(2,3)4/h6-12H,5H2,1-4H3. The van der Waals surface area contributed by atoms with Gasteiger partial charge in [-0.3, -0.25) is 4.79 Å². The zero-order valence-electron chi connectivity index (χ0n) is 14.8. The highest BCUT2D eigenvalue weighted by Crippen LogP contribution is 2.23. The van der Waals surface area contributed by atoms with Gasteiger partial charge in [0, 0.05) is 17.1 Å². The summed E-state index contributed by atoms with van der Waals surface area (Å²) in [7, 11) is 0. The third-order valence-electron chi connectivity index (χ3n) is 4.16. The summed E-state index contributed by atoms with van der Waals surface area (Å²) in [6.45, 7) is 9.25. The average Bonchev–Trinajstić information content (AvgIpc) is 2.90. The zero-order chi connectivity index (χ0) is 18.2.